The lowest BCUT2D eigenvalue weighted by Gasteiger charge is -2.31. The molecule has 1 aliphatic heterocycles. The van der Waals surface area contributed by atoms with Crippen LogP contribution in [0.4, 0.5) is 5.69 Å². The molecule has 5 nitrogen and oxygen atoms in total. The van der Waals surface area contributed by atoms with Crippen molar-refractivity contribution in [3.05, 3.63) is 65.9 Å². The number of hydrogen-bond donors (Lipinski definition) is 3. The van der Waals surface area contributed by atoms with Gasteiger partial charge in [-0.05, 0) is 54.6 Å². The molecule has 26 heavy (non-hydrogen) atoms. The number of aromatic amines is 1. The molecule has 1 aliphatic rings. The third kappa shape index (κ3) is 3.58. The number of anilines is 1. The molecule has 3 aromatic rings. The van der Waals surface area contributed by atoms with Gasteiger partial charge in [-0.1, -0.05) is 18.2 Å². The second-order valence-electron chi connectivity index (χ2n) is 6.83. The topological polar surface area (TPSA) is 68.4 Å². The Hall–Kier alpha value is -2.79. The average Bonchev–Trinajstić information content (AvgIpc) is 3.10. The number of aliphatic hydroxyl groups is 1. The number of nitrogens with one attached hydrogen (secondary N) is 2. The summed E-state index contributed by atoms with van der Waals surface area (Å²) < 4.78 is 0. The summed E-state index contributed by atoms with van der Waals surface area (Å²) in [7, 11) is 0. The van der Waals surface area contributed by atoms with E-state index < -0.39 is 0 Å². The minimum atomic E-state index is -0.180. The van der Waals surface area contributed by atoms with Crippen LogP contribution >= 0.6 is 0 Å². The van der Waals surface area contributed by atoms with E-state index in [1.54, 1.807) is 0 Å². The van der Waals surface area contributed by atoms with Crippen LogP contribution in [0.15, 0.2) is 54.6 Å². The summed E-state index contributed by atoms with van der Waals surface area (Å²) in [6.45, 7) is 2.18. The summed E-state index contributed by atoms with van der Waals surface area (Å²) in [6, 6.07) is 17.8. The highest BCUT2D eigenvalue weighted by molar-refractivity contribution is 5.94. The number of amides is 1. The number of aromatic nitrogens is 1. The number of piperidine rings is 1. The molecular weight excluding hydrogens is 326 g/mol. The number of aliphatic hydroxyl groups excluding tert-OH is 1. The highest BCUT2D eigenvalue weighted by Gasteiger charge is 2.17. The summed E-state index contributed by atoms with van der Waals surface area (Å²) in [5.74, 6) is -0.0794. The first kappa shape index (κ1) is 16.7. The Kier molecular flexibility index (Phi) is 4.63. The molecular formula is C21H23N3O2. The first-order valence-corrected chi connectivity index (χ1v) is 9.07. The van der Waals surface area contributed by atoms with Crippen molar-refractivity contribution in [3.63, 3.8) is 0 Å². The van der Waals surface area contributed by atoms with Crippen molar-refractivity contribution >= 4 is 22.5 Å². The van der Waals surface area contributed by atoms with Crippen LogP contribution in [-0.2, 0) is 6.54 Å². The number of carbonyl (C=O) groups is 1. The number of fused-ring (bicyclic) bond motifs is 1. The van der Waals surface area contributed by atoms with Crippen LogP contribution in [0.3, 0.4) is 0 Å². The van der Waals surface area contributed by atoms with E-state index >= 15 is 0 Å². The average molecular weight is 349 g/mol. The smallest absolute Gasteiger partial charge is 0.251 e. The maximum absolute atomic E-state index is 12.4. The van der Waals surface area contributed by atoms with E-state index in [1.807, 2.05) is 42.5 Å². The van der Waals surface area contributed by atoms with Crippen molar-refractivity contribution in [2.24, 2.45) is 0 Å². The molecule has 0 radical (unpaired) electrons. The molecule has 1 amide bonds. The molecule has 0 unspecified atom stereocenters. The molecule has 1 fully saturated rings. The van der Waals surface area contributed by atoms with Gasteiger partial charge in [0.1, 0.15) is 0 Å². The Morgan fingerprint density at radius 2 is 1.85 bits per heavy atom. The monoisotopic (exact) mass is 349 g/mol. The highest BCUT2D eigenvalue weighted by Crippen LogP contribution is 2.20. The predicted molar refractivity (Wildman–Crippen MR) is 103 cm³/mol. The first-order valence-electron chi connectivity index (χ1n) is 9.07. The van der Waals surface area contributed by atoms with Gasteiger partial charge in [0.25, 0.3) is 5.91 Å². The fraction of sp³-hybridized carbons (Fsp3) is 0.286. The van der Waals surface area contributed by atoms with Crippen molar-refractivity contribution in [1.29, 1.82) is 0 Å². The van der Waals surface area contributed by atoms with E-state index in [0.29, 0.717) is 12.1 Å². The lowest BCUT2D eigenvalue weighted by Crippen LogP contribution is -2.35. The lowest BCUT2D eigenvalue weighted by molar-refractivity contribution is 0.0950. The number of H-pyrrole nitrogens is 1. The van der Waals surface area contributed by atoms with Crippen molar-refractivity contribution in [1.82, 2.24) is 10.3 Å². The minimum absolute atomic E-state index is 0.0794. The number of nitrogens with zero attached hydrogens (tertiary/aromatic N) is 1. The van der Waals surface area contributed by atoms with Crippen molar-refractivity contribution in [2.75, 3.05) is 18.0 Å². The normalized spacial score (nSPS) is 15.3. The maximum Gasteiger partial charge on any atom is 0.251 e. The molecule has 0 spiro atoms. The number of para-hydroxylation sites is 1. The zero-order valence-corrected chi connectivity index (χ0v) is 14.6. The van der Waals surface area contributed by atoms with Gasteiger partial charge in [-0.3, -0.25) is 4.79 Å². The molecule has 1 saturated heterocycles. The number of benzene rings is 2. The Labute approximate surface area is 152 Å². The molecule has 5 heteroatoms. The fourth-order valence-electron chi connectivity index (χ4n) is 3.45. The number of hydrogen-bond acceptors (Lipinski definition) is 3. The summed E-state index contributed by atoms with van der Waals surface area (Å²) in [4.78, 5) is 18.0. The van der Waals surface area contributed by atoms with E-state index in [2.05, 4.69) is 27.3 Å². The van der Waals surface area contributed by atoms with Gasteiger partial charge < -0.3 is 20.3 Å². The number of carbonyl (C=O) groups excluding carboxylic acids is 1. The third-order valence-electron chi connectivity index (χ3n) is 4.98. The lowest BCUT2D eigenvalue weighted by atomic mass is 10.1. The summed E-state index contributed by atoms with van der Waals surface area (Å²) in [5, 5.41) is 13.7. The van der Waals surface area contributed by atoms with Crippen LogP contribution in [0.25, 0.3) is 10.9 Å². The molecule has 4 rings (SSSR count). The molecule has 0 bridgehead atoms. The van der Waals surface area contributed by atoms with Crippen LogP contribution < -0.4 is 10.2 Å². The van der Waals surface area contributed by atoms with Crippen molar-refractivity contribution < 1.29 is 9.90 Å². The Morgan fingerprint density at radius 3 is 2.58 bits per heavy atom. The molecule has 2 heterocycles. The van der Waals surface area contributed by atoms with Gasteiger partial charge in [0.2, 0.25) is 0 Å². The summed E-state index contributed by atoms with van der Waals surface area (Å²) in [6.07, 6.45) is 1.42. The van der Waals surface area contributed by atoms with Crippen LogP contribution in [0.2, 0.25) is 0 Å². The van der Waals surface area contributed by atoms with Crippen molar-refractivity contribution in [2.45, 2.75) is 25.5 Å². The molecule has 134 valence electrons. The second kappa shape index (κ2) is 7.22. The van der Waals surface area contributed by atoms with Crippen molar-refractivity contribution in [3.8, 4) is 0 Å². The Balaban J connectivity index is 1.37. The quantitative estimate of drug-likeness (QED) is 0.678. The molecule has 2 aromatic carbocycles. The molecule has 3 N–H and O–H groups in total. The predicted octanol–water partition coefficient (Wildman–Crippen LogP) is 3.06. The van der Waals surface area contributed by atoms with Gasteiger partial charge in [-0.25, -0.2) is 0 Å². The van der Waals surface area contributed by atoms with Crippen LogP contribution in [0, 0.1) is 0 Å². The van der Waals surface area contributed by atoms with Crippen LogP contribution in [-0.4, -0.2) is 35.2 Å². The molecule has 1 aromatic heterocycles. The van der Waals surface area contributed by atoms with Crippen LogP contribution in [0.1, 0.15) is 28.9 Å². The SMILES string of the molecule is O=C(NCc1cc2ccccc2[nH]1)c1ccc(N2CCC(O)CC2)cc1. The van der Waals surface area contributed by atoms with E-state index in [-0.39, 0.29) is 12.0 Å². The first-order chi connectivity index (χ1) is 12.7. The zero-order valence-electron chi connectivity index (χ0n) is 14.6. The van der Waals surface area contributed by atoms with Gasteiger partial charge in [-0.2, -0.15) is 0 Å². The van der Waals surface area contributed by atoms with Gasteiger partial charge in [-0.15, -0.1) is 0 Å². The molecule has 0 aliphatic carbocycles. The van der Waals surface area contributed by atoms with Gasteiger partial charge in [0.05, 0.1) is 12.6 Å². The van der Waals surface area contributed by atoms with E-state index in [0.717, 1.165) is 48.2 Å². The number of rotatable bonds is 4. The second-order valence-corrected chi connectivity index (χ2v) is 6.83. The Bertz CT molecular complexity index is 860. The van der Waals surface area contributed by atoms with Gasteiger partial charge in [0, 0.05) is 35.6 Å². The van der Waals surface area contributed by atoms with Crippen LogP contribution in [0.5, 0.6) is 0 Å². The van der Waals surface area contributed by atoms with Gasteiger partial charge >= 0.3 is 0 Å². The minimum Gasteiger partial charge on any atom is -0.393 e. The standard InChI is InChI=1S/C21H23N3O2/c25-19-9-11-24(12-10-19)18-7-5-15(6-8-18)21(26)22-14-17-13-16-3-1-2-4-20(16)23-17/h1-8,13,19,23,25H,9-12,14H2,(H,22,26). The van der Waals surface area contributed by atoms with Gasteiger partial charge in [0.15, 0.2) is 0 Å². The Morgan fingerprint density at radius 1 is 1.12 bits per heavy atom. The highest BCUT2D eigenvalue weighted by atomic mass is 16.3. The summed E-state index contributed by atoms with van der Waals surface area (Å²) in [5.41, 5.74) is 3.82. The largest absolute Gasteiger partial charge is 0.393 e. The zero-order chi connectivity index (χ0) is 17.9. The third-order valence-corrected chi connectivity index (χ3v) is 4.98. The molecule has 0 saturated carbocycles. The maximum atomic E-state index is 12.4. The summed E-state index contributed by atoms with van der Waals surface area (Å²) >= 11 is 0. The molecule has 0 atom stereocenters. The van der Waals surface area contributed by atoms with E-state index in [9.17, 15) is 9.90 Å². The van der Waals surface area contributed by atoms with E-state index in [1.165, 1.54) is 0 Å². The van der Waals surface area contributed by atoms with E-state index in [4.69, 9.17) is 0 Å². The fourth-order valence-corrected chi connectivity index (χ4v) is 3.45.